The molecule has 3 aromatic rings. The first-order valence-corrected chi connectivity index (χ1v) is 9.05. The summed E-state index contributed by atoms with van der Waals surface area (Å²) in [5, 5.41) is 4.81. The van der Waals surface area contributed by atoms with Gasteiger partial charge in [-0.1, -0.05) is 15.9 Å². The fourth-order valence-corrected chi connectivity index (χ4v) is 4.76. The number of nitrogens with one attached hydrogen (secondary N) is 1. The van der Waals surface area contributed by atoms with E-state index >= 15 is 0 Å². The molecule has 1 N–H and O–H groups in total. The highest BCUT2D eigenvalue weighted by Gasteiger charge is 2.03. The van der Waals surface area contributed by atoms with Crippen LogP contribution in [0.1, 0.15) is 9.75 Å². The lowest BCUT2D eigenvalue weighted by Crippen LogP contribution is -2.10. The molecule has 3 rings (SSSR count). The lowest BCUT2D eigenvalue weighted by Gasteiger charge is -1.99. The van der Waals surface area contributed by atoms with Crippen LogP contribution in [0.5, 0.6) is 0 Å². The Balaban J connectivity index is 1.65. The van der Waals surface area contributed by atoms with Crippen LogP contribution in [0, 0.1) is 0 Å². The van der Waals surface area contributed by atoms with Gasteiger partial charge in [0, 0.05) is 32.0 Å². The highest BCUT2D eigenvalue weighted by Crippen LogP contribution is 2.28. The maximum absolute atomic E-state index is 3.51. The molecule has 0 aliphatic rings. The molecule has 0 saturated carbocycles. The third kappa shape index (κ3) is 3.47. The van der Waals surface area contributed by atoms with E-state index in [0.717, 1.165) is 17.6 Å². The van der Waals surface area contributed by atoms with Crippen LogP contribution in [0.25, 0.3) is 10.1 Å². The van der Waals surface area contributed by atoms with E-state index in [-0.39, 0.29) is 0 Å². The SMILES string of the molecule is Brc1ccc2sc(CNCc3ccc(Br)s3)cc2c1. The molecule has 0 aliphatic carbocycles. The minimum absolute atomic E-state index is 0.923. The molecule has 0 radical (unpaired) electrons. The number of halogens is 2. The van der Waals surface area contributed by atoms with Crippen LogP contribution in [0.2, 0.25) is 0 Å². The van der Waals surface area contributed by atoms with Crippen molar-refractivity contribution in [1.29, 1.82) is 0 Å². The summed E-state index contributed by atoms with van der Waals surface area (Å²) < 4.78 is 3.68. The van der Waals surface area contributed by atoms with Crippen LogP contribution >= 0.6 is 54.5 Å². The van der Waals surface area contributed by atoms with Crippen LogP contribution in [0.15, 0.2) is 44.7 Å². The first kappa shape index (κ1) is 13.8. The molecule has 1 nitrogen and oxygen atoms in total. The maximum atomic E-state index is 3.51. The van der Waals surface area contributed by atoms with Crippen molar-refractivity contribution in [2.75, 3.05) is 0 Å². The van der Waals surface area contributed by atoms with Crippen molar-refractivity contribution in [3.8, 4) is 0 Å². The molecule has 19 heavy (non-hydrogen) atoms. The third-order valence-corrected chi connectivity index (χ3v) is 5.99. The largest absolute Gasteiger partial charge is 0.307 e. The van der Waals surface area contributed by atoms with Gasteiger partial charge in [0.05, 0.1) is 3.79 Å². The van der Waals surface area contributed by atoms with Crippen molar-refractivity contribution < 1.29 is 0 Å². The molecule has 1 aromatic carbocycles. The molecule has 0 unspecified atom stereocenters. The Bertz CT molecular complexity index is 702. The summed E-state index contributed by atoms with van der Waals surface area (Å²) in [5.41, 5.74) is 0. The number of rotatable bonds is 4. The fraction of sp³-hybridized carbons (Fsp3) is 0.143. The van der Waals surface area contributed by atoms with Crippen LogP contribution in [-0.4, -0.2) is 0 Å². The number of thiophene rings is 2. The van der Waals surface area contributed by atoms with Gasteiger partial charge in [0.2, 0.25) is 0 Å². The van der Waals surface area contributed by atoms with E-state index in [1.165, 1.54) is 23.6 Å². The van der Waals surface area contributed by atoms with Crippen LogP contribution in [-0.2, 0) is 13.1 Å². The lowest BCUT2D eigenvalue weighted by atomic mass is 10.2. The van der Waals surface area contributed by atoms with Crippen molar-refractivity contribution in [1.82, 2.24) is 5.32 Å². The molecule has 98 valence electrons. The van der Waals surface area contributed by atoms with E-state index < -0.39 is 0 Å². The molecular weight excluding hydrogens is 406 g/mol. The van der Waals surface area contributed by atoms with E-state index in [1.807, 2.05) is 11.3 Å². The van der Waals surface area contributed by atoms with Gasteiger partial charge in [-0.15, -0.1) is 22.7 Å². The van der Waals surface area contributed by atoms with Gasteiger partial charge in [0.1, 0.15) is 0 Å². The van der Waals surface area contributed by atoms with Gasteiger partial charge in [0.25, 0.3) is 0 Å². The normalized spacial score (nSPS) is 11.3. The summed E-state index contributed by atoms with van der Waals surface area (Å²) in [4.78, 5) is 2.74. The second-order valence-electron chi connectivity index (χ2n) is 4.20. The molecule has 0 amide bonds. The smallest absolute Gasteiger partial charge is 0.0701 e. The van der Waals surface area contributed by atoms with Crippen LogP contribution in [0.3, 0.4) is 0 Å². The minimum atomic E-state index is 0.923. The molecule has 2 heterocycles. The number of hydrogen-bond donors (Lipinski definition) is 1. The van der Waals surface area contributed by atoms with Crippen LogP contribution < -0.4 is 5.32 Å². The highest BCUT2D eigenvalue weighted by atomic mass is 79.9. The monoisotopic (exact) mass is 415 g/mol. The Kier molecular flexibility index (Phi) is 4.39. The minimum Gasteiger partial charge on any atom is -0.307 e. The summed E-state index contributed by atoms with van der Waals surface area (Å²) >= 11 is 10.6. The second-order valence-corrected chi connectivity index (χ2v) is 8.84. The Morgan fingerprint density at radius 3 is 2.53 bits per heavy atom. The van der Waals surface area contributed by atoms with Gasteiger partial charge in [-0.25, -0.2) is 0 Å². The molecule has 0 atom stereocenters. The molecule has 0 fully saturated rings. The zero-order valence-electron chi connectivity index (χ0n) is 9.95. The van der Waals surface area contributed by atoms with Gasteiger partial charge >= 0.3 is 0 Å². The second kappa shape index (κ2) is 6.06. The van der Waals surface area contributed by atoms with Gasteiger partial charge in [-0.3, -0.25) is 0 Å². The molecule has 0 spiro atoms. The number of benzene rings is 1. The first-order chi connectivity index (χ1) is 9.20. The molecule has 0 saturated heterocycles. The average Bonchev–Trinajstić information content (AvgIpc) is 2.95. The van der Waals surface area contributed by atoms with E-state index in [1.54, 1.807) is 11.3 Å². The summed E-state index contributed by atoms with van der Waals surface area (Å²) in [6.45, 7) is 1.85. The van der Waals surface area contributed by atoms with Crippen molar-refractivity contribution in [2.45, 2.75) is 13.1 Å². The zero-order valence-corrected chi connectivity index (χ0v) is 14.8. The predicted molar refractivity (Wildman–Crippen MR) is 92.1 cm³/mol. The predicted octanol–water partition coefficient (Wildman–Crippen LogP) is 5.78. The highest BCUT2D eigenvalue weighted by molar-refractivity contribution is 9.11. The van der Waals surface area contributed by atoms with Crippen LogP contribution in [0.4, 0.5) is 0 Å². The van der Waals surface area contributed by atoms with Crippen molar-refractivity contribution in [2.24, 2.45) is 0 Å². The van der Waals surface area contributed by atoms with Crippen molar-refractivity contribution in [3.63, 3.8) is 0 Å². The average molecular weight is 417 g/mol. The maximum Gasteiger partial charge on any atom is 0.0701 e. The summed E-state index contributed by atoms with van der Waals surface area (Å²) in [7, 11) is 0. The Labute approximate surface area is 136 Å². The summed E-state index contributed by atoms with van der Waals surface area (Å²) in [6, 6.07) is 13.0. The molecular formula is C14H11Br2NS2. The molecule has 0 bridgehead atoms. The third-order valence-electron chi connectivity index (χ3n) is 2.76. The van der Waals surface area contributed by atoms with Crippen molar-refractivity contribution >= 4 is 64.6 Å². The van der Waals surface area contributed by atoms with E-state index in [9.17, 15) is 0 Å². The standard InChI is InChI=1S/C14H11Br2NS2/c15-10-1-3-13-9(5-10)6-12(18-13)8-17-7-11-2-4-14(16)19-11/h1-6,17H,7-8H2. The topological polar surface area (TPSA) is 12.0 Å². The van der Waals surface area contributed by atoms with Gasteiger partial charge in [-0.05, 0) is 57.7 Å². The summed E-state index contributed by atoms with van der Waals surface area (Å²) in [5.74, 6) is 0. The Hall–Kier alpha value is -0.200. The van der Waals surface area contributed by atoms with E-state index in [0.29, 0.717) is 0 Å². The molecule has 2 aromatic heterocycles. The summed E-state index contributed by atoms with van der Waals surface area (Å²) in [6.07, 6.45) is 0. The Morgan fingerprint density at radius 2 is 1.74 bits per heavy atom. The van der Waals surface area contributed by atoms with E-state index in [4.69, 9.17) is 0 Å². The lowest BCUT2D eigenvalue weighted by molar-refractivity contribution is 0.709. The number of hydrogen-bond acceptors (Lipinski definition) is 3. The Morgan fingerprint density at radius 1 is 0.895 bits per heavy atom. The molecule has 5 heteroatoms. The van der Waals surface area contributed by atoms with E-state index in [2.05, 4.69) is 73.6 Å². The van der Waals surface area contributed by atoms with Gasteiger partial charge in [-0.2, -0.15) is 0 Å². The first-order valence-electron chi connectivity index (χ1n) is 5.83. The zero-order chi connectivity index (χ0) is 13.2. The quantitative estimate of drug-likeness (QED) is 0.568. The number of fused-ring (bicyclic) bond motifs is 1. The molecule has 0 aliphatic heterocycles. The van der Waals surface area contributed by atoms with Crippen molar-refractivity contribution in [3.05, 3.63) is 54.4 Å². The van der Waals surface area contributed by atoms with Gasteiger partial charge in [0.15, 0.2) is 0 Å². The van der Waals surface area contributed by atoms with Gasteiger partial charge < -0.3 is 5.32 Å². The fourth-order valence-electron chi connectivity index (χ4n) is 1.91.